The third kappa shape index (κ3) is 3.84. The molecular formula is C21H20N2O4. The molecule has 0 aliphatic rings. The first-order valence-corrected chi connectivity index (χ1v) is 8.29. The van der Waals surface area contributed by atoms with E-state index in [-0.39, 0.29) is 5.91 Å². The van der Waals surface area contributed by atoms with Crippen LogP contribution >= 0.6 is 0 Å². The van der Waals surface area contributed by atoms with Gasteiger partial charge < -0.3 is 14.2 Å². The molecule has 0 atom stereocenters. The minimum Gasteiger partial charge on any atom is -0.496 e. The smallest absolute Gasteiger partial charge is 0.275 e. The fourth-order valence-electron chi connectivity index (χ4n) is 2.80. The molecule has 1 N–H and O–H groups in total. The molecule has 0 radical (unpaired) electrons. The number of para-hydroxylation sites is 1. The first-order valence-electron chi connectivity index (χ1n) is 8.29. The summed E-state index contributed by atoms with van der Waals surface area (Å²) in [6.07, 6.45) is 1.51. The van der Waals surface area contributed by atoms with Gasteiger partial charge in [-0.15, -0.1) is 0 Å². The van der Waals surface area contributed by atoms with Gasteiger partial charge in [-0.25, -0.2) is 5.43 Å². The molecule has 0 fully saturated rings. The SMILES string of the molecule is COc1cc2ccccc2cc1C(=O)NN=Cc1cccc(OC)c1OC. The van der Waals surface area contributed by atoms with Crippen LogP contribution in [0.25, 0.3) is 10.8 Å². The highest BCUT2D eigenvalue weighted by atomic mass is 16.5. The number of hydrogen-bond donors (Lipinski definition) is 1. The van der Waals surface area contributed by atoms with Crippen molar-refractivity contribution in [2.75, 3.05) is 21.3 Å². The topological polar surface area (TPSA) is 69.2 Å². The van der Waals surface area contributed by atoms with Gasteiger partial charge in [-0.05, 0) is 35.0 Å². The van der Waals surface area contributed by atoms with Gasteiger partial charge in [-0.2, -0.15) is 5.10 Å². The van der Waals surface area contributed by atoms with Crippen LogP contribution in [0.5, 0.6) is 17.2 Å². The molecule has 3 rings (SSSR count). The van der Waals surface area contributed by atoms with Gasteiger partial charge in [0, 0.05) is 5.56 Å². The number of hydrazone groups is 1. The largest absolute Gasteiger partial charge is 0.496 e. The number of carbonyl (C=O) groups is 1. The van der Waals surface area contributed by atoms with E-state index in [0.29, 0.717) is 28.4 Å². The Labute approximate surface area is 157 Å². The monoisotopic (exact) mass is 364 g/mol. The Morgan fingerprint density at radius 1 is 0.889 bits per heavy atom. The summed E-state index contributed by atoms with van der Waals surface area (Å²) in [7, 11) is 4.64. The van der Waals surface area contributed by atoms with E-state index < -0.39 is 0 Å². The molecule has 0 saturated carbocycles. The van der Waals surface area contributed by atoms with Crippen LogP contribution < -0.4 is 19.6 Å². The molecule has 3 aromatic rings. The van der Waals surface area contributed by atoms with E-state index in [1.54, 1.807) is 26.4 Å². The molecule has 0 unspecified atom stereocenters. The van der Waals surface area contributed by atoms with Gasteiger partial charge in [-0.1, -0.05) is 30.3 Å². The molecule has 27 heavy (non-hydrogen) atoms. The summed E-state index contributed by atoms with van der Waals surface area (Å²) in [4.78, 5) is 12.6. The van der Waals surface area contributed by atoms with Gasteiger partial charge >= 0.3 is 0 Å². The fraction of sp³-hybridized carbons (Fsp3) is 0.143. The number of ether oxygens (including phenoxy) is 3. The molecule has 0 aliphatic carbocycles. The van der Waals surface area contributed by atoms with Crippen LogP contribution in [0.1, 0.15) is 15.9 Å². The summed E-state index contributed by atoms with van der Waals surface area (Å²) in [6.45, 7) is 0. The van der Waals surface area contributed by atoms with Crippen LogP contribution in [0.4, 0.5) is 0 Å². The molecule has 0 spiro atoms. The Hall–Kier alpha value is -3.54. The van der Waals surface area contributed by atoms with Crippen molar-refractivity contribution >= 4 is 22.9 Å². The van der Waals surface area contributed by atoms with E-state index in [1.807, 2.05) is 42.5 Å². The van der Waals surface area contributed by atoms with Gasteiger partial charge in [0.1, 0.15) is 5.75 Å². The standard InChI is InChI=1S/C21H20N2O4/c1-25-18-10-6-9-16(20(18)27-3)13-22-23-21(24)17-11-14-7-4-5-8-15(14)12-19(17)26-2/h4-13H,1-3H3,(H,23,24). The number of amides is 1. The Kier molecular flexibility index (Phi) is 5.56. The zero-order valence-corrected chi connectivity index (χ0v) is 15.4. The minimum absolute atomic E-state index is 0.365. The van der Waals surface area contributed by atoms with Gasteiger partial charge in [-0.3, -0.25) is 4.79 Å². The maximum absolute atomic E-state index is 12.6. The number of rotatable bonds is 6. The highest BCUT2D eigenvalue weighted by molar-refractivity contribution is 6.02. The van der Waals surface area contributed by atoms with Gasteiger partial charge in [0.05, 0.1) is 33.1 Å². The summed E-state index contributed by atoms with van der Waals surface area (Å²) in [5.74, 6) is 1.25. The van der Waals surface area contributed by atoms with E-state index >= 15 is 0 Å². The summed E-state index contributed by atoms with van der Waals surface area (Å²) in [6, 6.07) is 16.8. The lowest BCUT2D eigenvalue weighted by molar-refractivity contribution is 0.0952. The van der Waals surface area contributed by atoms with Crippen LogP contribution in [0.2, 0.25) is 0 Å². The number of fused-ring (bicyclic) bond motifs is 1. The quantitative estimate of drug-likeness (QED) is 0.536. The molecule has 1 amide bonds. The van der Waals surface area contributed by atoms with E-state index in [9.17, 15) is 4.79 Å². The summed E-state index contributed by atoms with van der Waals surface area (Å²) in [5.41, 5.74) is 3.62. The van der Waals surface area contributed by atoms with Gasteiger partial charge in [0.25, 0.3) is 5.91 Å². The van der Waals surface area contributed by atoms with Crippen LogP contribution in [-0.4, -0.2) is 33.5 Å². The van der Waals surface area contributed by atoms with Gasteiger partial charge in [0.2, 0.25) is 0 Å². The Balaban J connectivity index is 1.84. The van der Waals surface area contributed by atoms with Crippen LogP contribution in [0.3, 0.4) is 0 Å². The number of nitrogens with one attached hydrogen (secondary N) is 1. The first kappa shape index (κ1) is 18.3. The second-order valence-electron chi connectivity index (χ2n) is 5.68. The number of hydrogen-bond acceptors (Lipinski definition) is 5. The highest BCUT2D eigenvalue weighted by Gasteiger charge is 2.13. The number of benzene rings is 3. The Morgan fingerprint density at radius 3 is 2.26 bits per heavy atom. The molecule has 0 aromatic heterocycles. The zero-order chi connectivity index (χ0) is 19.2. The summed E-state index contributed by atoms with van der Waals surface area (Å²) >= 11 is 0. The minimum atomic E-state index is -0.365. The Bertz CT molecular complexity index is 999. The molecule has 0 saturated heterocycles. The van der Waals surface area contributed by atoms with Crippen molar-refractivity contribution in [1.82, 2.24) is 5.43 Å². The van der Waals surface area contributed by atoms with Crippen LogP contribution in [0, 0.1) is 0 Å². The average Bonchev–Trinajstić information content (AvgIpc) is 2.72. The van der Waals surface area contributed by atoms with Crippen LogP contribution in [-0.2, 0) is 0 Å². The van der Waals surface area contributed by atoms with Crippen molar-refractivity contribution in [2.24, 2.45) is 5.10 Å². The first-order chi connectivity index (χ1) is 13.2. The maximum Gasteiger partial charge on any atom is 0.275 e. The summed E-state index contributed by atoms with van der Waals surface area (Å²) < 4.78 is 16.0. The van der Waals surface area contributed by atoms with E-state index in [4.69, 9.17) is 14.2 Å². The van der Waals surface area contributed by atoms with Crippen molar-refractivity contribution < 1.29 is 19.0 Å². The molecular weight excluding hydrogens is 344 g/mol. The number of methoxy groups -OCH3 is 3. The third-order valence-corrected chi connectivity index (χ3v) is 4.12. The lowest BCUT2D eigenvalue weighted by Gasteiger charge is -2.10. The van der Waals surface area contributed by atoms with Crippen LogP contribution in [0.15, 0.2) is 59.7 Å². The predicted octanol–water partition coefficient (Wildman–Crippen LogP) is 3.63. The number of carbonyl (C=O) groups excluding carboxylic acids is 1. The second kappa shape index (κ2) is 8.23. The maximum atomic E-state index is 12.6. The highest BCUT2D eigenvalue weighted by Crippen LogP contribution is 2.29. The van der Waals surface area contributed by atoms with E-state index in [1.165, 1.54) is 13.3 Å². The molecule has 6 heteroatoms. The normalized spacial score (nSPS) is 10.8. The molecule has 0 aliphatic heterocycles. The lowest BCUT2D eigenvalue weighted by atomic mass is 10.1. The average molecular weight is 364 g/mol. The van der Waals surface area contributed by atoms with Crippen molar-refractivity contribution in [1.29, 1.82) is 0 Å². The molecule has 6 nitrogen and oxygen atoms in total. The number of nitrogens with zero attached hydrogens (tertiary/aromatic N) is 1. The Morgan fingerprint density at radius 2 is 1.59 bits per heavy atom. The third-order valence-electron chi connectivity index (χ3n) is 4.12. The van der Waals surface area contributed by atoms with E-state index in [0.717, 1.165) is 10.8 Å². The summed E-state index contributed by atoms with van der Waals surface area (Å²) in [5, 5.41) is 5.98. The van der Waals surface area contributed by atoms with Crippen molar-refractivity contribution in [2.45, 2.75) is 0 Å². The van der Waals surface area contributed by atoms with Crippen molar-refractivity contribution in [3.05, 3.63) is 65.7 Å². The zero-order valence-electron chi connectivity index (χ0n) is 15.4. The van der Waals surface area contributed by atoms with Gasteiger partial charge in [0.15, 0.2) is 11.5 Å². The molecule has 3 aromatic carbocycles. The van der Waals surface area contributed by atoms with Crippen molar-refractivity contribution in [3.63, 3.8) is 0 Å². The fourth-order valence-corrected chi connectivity index (χ4v) is 2.80. The molecule has 0 bridgehead atoms. The lowest BCUT2D eigenvalue weighted by Crippen LogP contribution is -2.18. The van der Waals surface area contributed by atoms with Crippen molar-refractivity contribution in [3.8, 4) is 17.2 Å². The molecule has 138 valence electrons. The second-order valence-corrected chi connectivity index (χ2v) is 5.68. The van der Waals surface area contributed by atoms with E-state index in [2.05, 4.69) is 10.5 Å². The molecule has 0 heterocycles. The predicted molar refractivity (Wildman–Crippen MR) is 105 cm³/mol.